The molecule has 3 aliphatic rings. The van der Waals surface area contributed by atoms with Gasteiger partial charge in [-0.15, -0.1) is 0 Å². The Labute approximate surface area is 187 Å². The monoisotopic (exact) mass is 439 g/mol. The summed E-state index contributed by atoms with van der Waals surface area (Å²) >= 11 is 0. The minimum atomic E-state index is -0.267. The predicted octanol–water partition coefficient (Wildman–Crippen LogP) is 2.14. The number of piperidine rings is 1. The topological polar surface area (TPSA) is 97.7 Å². The molecule has 9 nitrogen and oxygen atoms in total. The van der Waals surface area contributed by atoms with Crippen LogP contribution >= 0.6 is 0 Å². The van der Waals surface area contributed by atoms with Crippen LogP contribution in [0.15, 0.2) is 24.4 Å². The van der Waals surface area contributed by atoms with Crippen LogP contribution in [0.4, 0.5) is 11.4 Å². The molecule has 0 saturated carbocycles. The van der Waals surface area contributed by atoms with Crippen molar-refractivity contribution >= 4 is 23.2 Å². The number of amides is 2. The van der Waals surface area contributed by atoms with E-state index in [1.54, 1.807) is 16.9 Å². The molecule has 0 aliphatic carbocycles. The van der Waals surface area contributed by atoms with Crippen LogP contribution in [0.25, 0.3) is 0 Å². The normalized spacial score (nSPS) is 22.1. The highest BCUT2D eigenvalue weighted by atomic mass is 16.5. The summed E-state index contributed by atoms with van der Waals surface area (Å²) in [6, 6.07) is 5.74. The van der Waals surface area contributed by atoms with E-state index < -0.39 is 0 Å². The number of rotatable bonds is 4. The number of hydrogen-bond donors (Lipinski definition) is 2. The van der Waals surface area contributed by atoms with Gasteiger partial charge in [-0.3, -0.25) is 14.3 Å². The van der Waals surface area contributed by atoms with E-state index in [0.29, 0.717) is 31.9 Å². The molecular formula is C23H29N5O4. The number of hydrogen-bond acceptors (Lipinski definition) is 6. The summed E-state index contributed by atoms with van der Waals surface area (Å²) in [6.07, 6.45) is 3.74. The second kappa shape index (κ2) is 8.12. The Kier molecular flexibility index (Phi) is 5.28. The molecule has 0 radical (unpaired) electrons. The van der Waals surface area contributed by atoms with Gasteiger partial charge in [0.05, 0.1) is 30.6 Å². The Hall–Kier alpha value is -3.07. The van der Waals surface area contributed by atoms with E-state index in [2.05, 4.69) is 34.5 Å². The van der Waals surface area contributed by atoms with E-state index in [4.69, 9.17) is 9.47 Å². The van der Waals surface area contributed by atoms with Crippen molar-refractivity contribution in [1.29, 1.82) is 0 Å². The summed E-state index contributed by atoms with van der Waals surface area (Å²) in [5, 5.41) is 10.4. The molecule has 4 heterocycles. The summed E-state index contributed by atoms with van der Waals surface area (Å²) in [5.41, 5.74) is 2.84. The van der Waals surface area contributed by atoms with Crippen LogP contribution in [-0.2, 0) is 16.0 Å². The average Bonchev–Trinajstić information content (AvgIpc) is 3.37. The molecule has 5 rings (SSSR count). The highest BCUT2D eigenvalue weighted by Crippen LogP contribution is 2.42. The van der Waals surface area contributed by atoms with Crippen molar-refractivity contribution in [3.63, 3.8) is 0 Å². The number of aromatic nitrogens is 2. The fourth-order valence-corrected chi connectivity index (χ4v) is 4.65. The molecule has 2 saturated heterocycles. The number of nitrogens with one attached hydrogen (secondary N) is 2. The number of carbonyl (C=O) groups excluding carboxylic acids is 2. The van der Waals surface area contributed by atoms with Crippen LogP contribution in [0.1, 0.15) is 48.8 Å². The lowest BCUT2D eigenvalue weighted by Crippen LogP contribution is -2.36. The quantitative estimate of drug-likeness (QED) is 0.758. The number of ether oxygens (including phenoxy) is 2. The van der Waals surface area contributed by atoms with Gasteiger partial charge in [0.25, 0.3) is 5.91 Å². The summed E-state index contributed by atoms with van der Waals surface area (Å²) in [7, 11) is 0. The first-order chi connectivity index (χ1) is 15.4. The molecule has 1 unspecified atom stereocenters. The third-order valence-electron chi connectivity index (χ3n) is 6.22. The number of morpholine rings is 1. The summed E-state index contributed by atoms with van der Waals surface area (Å²) in [4.78, 5) is 27.0. The molecule has 2 aromatic rings. The maximum Gasteiger partial charge on any atom is 0.276 e. The SMILES string of the molecule is CC1(C)Cc2cc(NC(=O)c3ccn(C4CCNC(=O)C4)n3)c(N3CCOCC3)cc2O1. The van der Waals surface area contributed by atoms with Gasteiger partial charge in [-0.1, -0.05) is 0 Å². The predicted molar refractivity (Wildman–Crippen MR) is 119 cm³/mol. The molecule has 170 valence electrons. The number of nitrogens with zero attached hydrogens (tertiary/aromatic N) is 3. The Balaban J connectivity index is 1.39. The van der Waals surface area contributed by atoms with E-state index in [9.17, 15) is 9.59 Å². The smallest absolute Gasteiger partial charge is 0.276 e. The van der Waals surface area contributed by atoms with E-state index in [1.807, 2.05) is 12.1 Å². The van der Waals surface area contributed by atoms with Crippen LogP contribution in [-0.4, -0.2) is 60.0 Å². The first kappa shape index (κ1) is 20.8. The number of carbonyl (C=O) groups is 2. The van der Waals surface area contributed by atoms with Crippen LogP contribution in [0.3, 0.4) is 0 Å². The zero-order valence-electron chi connectivity index (χ0n) is 18.5. The fraction of sp³-hybridized carbons (Fsp3) is 0.522. The minimum Gasteiger partial charge on any atom is -0.487 e. The second-order valence-corrected chi connectivity index (χ2v) is 9.25. The van der Waals surface area contributed by atoms with Crippen molar-refractivity contribution in [1.82, 2.24) is 15.1 Å². The van der Waals surface area contributed by atoms with Gasteiger partial charge < -0.3 is 25.0 Å². The van der Waals surface area contributed by atoms with Crippen LogP contribution < -0.4 is 20.3 Å². The maximum absolute atomic E-state index is 13.1. The van der Waals surface area contributed by atoms with E-state index in [1.165, 1.54) is 0 Å². The molecule has 9 heteroatoms. The summed E-state index contributed by atoms with van der Waals surface area (Å²) in [5.74, 6) is 0.618. The van der Waals surface area contributed by atoms with Crippen molar-refractivity contribution in [2.75, 3.05) is 43.1 Å². The lowest BCUT2D eigenvalue weighted by Gasteiger charge is -2.31. The molecule has 1 aromatic heterocycles. The van der Waals surface area contributed by atoms with Gasteiger partial charge >= 0.3 is 0 Å². The van der Waals surface area contributed by atoms with Crippen LogP contribution in [0, 0.1) is 0 Å². The van der Waals surface area contributed by atoms with Crippen LogP contribution in [0.2, 0.25) is 0 Å². The minimum absolute atomic E-state index is 0.0150. The highest BCUT2D eigenvalue weighted by Gasteiger charge is 2.32. The van der Waals surface area contributed by atoms with E-state index in [-0.39, 0.29) is 23.5 Å². The highest BCUT2D eigenvalue weighted by molar-refractivity contribution is 6.05. The Bertz CT molecular complexity index is 1040. The Morgan fingerprint density at radius 1 is 1.28 bits per heavy atom. The summed E-state index contributed by atoms with van der Waals surface area (Å²) in [6.45, 7) is 7.57. The molecular weight excluding hydrogens is 410 g/mol. The number of fused-ring (bicyclic) bond motifs is 1. The zero-order chi connectivity index (χ0) is 22.3. The Morgan fingerprint density at radius 3 is 2.88 bits per heavy atom. The molecule has 2 fully saturated rings. The lowest BCUT2D eigenvalue weighted by atomic mass is 10.0. The van der Waals surface area contributed by atoms with E-state index in [0.717, 1.165) is 48.6 Å². The van der Waals surface area contributed by atoms with Crippen molar-refractivity contribution in [3.8, 4) is 5.75 Å². The molecule has 2 N–H and O–H groups in total. The van der Waals surface area contributed by atoms with Gasteiger partial charge in [0.2, 0.25) is 5.91 Å². The largest absolute Gasteiger partial charge is 0.487 e. The number of anilines is 2. The standard InChI is InChI=1S/C23H29N5O4/c1-23(2)14-15-11-18(19(13-20(15)32-23)27-7-9-31-10-8-27)25-22(30)17-4-6-28(26-17)16-3-5-24-21(29)12-16/h4,6,11,13,16H,3,5,7-10,12,14H2,1-2H3,(H,24,29)(H,25,30). The molecule has 1 aromatic carbocycles. The first-order valence-corrected chi connectivity index (χ1v) is 11.2. The van der Waals surface area contributed by atoms with Crippen molar-refractivity contribution in [2.45, 2.75) is 44.8 Å². The third kappa shape index (κ3) is 4.17. The molecule has 2 amide bonds. The van der Waals surface area contributed by atoms with Gasteiger partial charge in [-0.2, -0.15) is 5.10 Å². The van der Waals surface area contributed by atoms with Crippen LogP contribution in [0.5, 0.6) is 5.75 Å². The molecule has 1 atom stereocenters. The number of benzene rings is 1. The Morgan fingerprint density at radius 2 is 2.09 bits per heavy atom. The molecule has 0 spiro atoms. The summed E-state index contributed by atoms with van der Waals surface area (Å²) < 4.78 is 13.4. The lowest BCUT2D eigenvalue weighted by molar-refractivity contribution is -0.123. The van der Waals surface area contributed by atoms with Gasteiger partial charge in [0, 0.05) is 50.3 Å². The molecule has 0 bridgehead atoms. The fourth-order valence-electron chi connectivity index (χ4n) is 4.65. The van der Waals surface area contributed by atoms with Gasteiger partial charge in [-0.05, 0) is 32.4 Å². The van der Waals surface area contributed by atoms with Gasteiger partial charge in [0.15, 0.2) is 5.69 Å². The average molecular weight is 440 g/mol. The van der Waals surface area contributed by atoms with Gasteiger partial charge in [-0.25, -0.2) is 0 Å². The van der Waals surface area contributed by atoms with Crippen molar-refractivity contribution < 1.29 is 19.1 Å². The molecule has 3 aliphatic heterocycles. The second-order valence-electron chi connectivity index (χ2n) is 9.25. The zero-order valence-corrected chi connectivity index (χ0v) is 18.5. The van der Waals surface area contributed by atoms with Crippen molar-refractivity contribution in [3.05, 3.63) is 35.7 Å². The van der Waals surface area contributed by atoms with Gasteiger partial charge in [0.1, 0.15) is 11.4 Å². The first-order valence-electron chi connectivity index (χ1n) is 11.2. The maximum atomic E-state index is 13.1. The van der Waals surface area contributed by atoms with Crippen molar-refractivity contribution in [2.24, 2.45) is 0 Å². The third-order valence-corrected chi connectivity index (χ3v) is 6.22. The molecule has 32 heavy (non-hydrogen) atoms. The van der Waals surface area contributed by atoms with E-state index >= 15 is 0 Å².